The molecule has 1 unspecified atom stereocenters. The van der Waals surface area contributed by atoms with Gasteiger partial charge in [-0.15, -0.1) is 0 Å². The maximum absolute atomic E-state index is 13.9. The Morgan fingerprint density at radius 2 is 1.95 bits per heavy atom. The van der Waals surface area contributed by atoms with Crippen molar-refractivity contribution >= 4 is 23.2 Å². The van der Waals surface area contributed by atoms with Gasteiger partial charge in [-0.3, -0.25) is 0 Å². The van der Waals surface area contributed by atoms with E-state index in [2.05, 4.69) is 0 Å². The van der Waals surface area contributed by atoms with E-state index >= 15 is 0 Å². The Kier molecular flexibility index (Phi) is 6.07. The molecule has 118 valence electrons. The highest BCUT2D eigenvalue weighted by atomic mass is 35.5. The zero-order chi connectivity index (χ0) is 16.1. The quantitative estimate of drug-likeness (QED) is 0.817. The van der Waals surface area contributed by atoms with E-state index in [9.17, 15) is 4.39 Å². The third-order valence-electron chi connectivity index (χ3n) is 3.52. The number of halogens is 3. The Morgan fingerprint density at radius 3 is 2.55 bits per heavy atom. The van der Waals surface area contributed by atoms with Crippen LogP contribution in [0.1, 0.15) is 24.0 Å². The summed E-state index contributed by atoms with van der Waals surface area (Å²) in [5.74, 6) is 0.248. The molecular weight excluding hydrogens is 324 g/mol. The van der Waals surface area contributed by atoms with Gasteiger partial charge in [0.05, 0.1) is 11.6 Å². The van der Waals surface area contributed by atoms with Gasteiger partial charge >= 0.3 is 0 Å². The summed E-state index contributed by atoms with van der Waals surface area (Å²) in [5, 5.41) is 0.938. The first-order valence-corrected chi connectivity index (χ1v) is 7.87. The standard InChI is InChI=1S/C17H18Cl2FNO/c1-2-22-17-7-6-11(9-15(17)19)12(10-21)8-13-14(18)4-3-5-16(13)20/h3-7,9,12H,2,8,10,21H2,1H3. The summed E-state index contributed by atoms with van der Waals surface area (Å²) in [7, 11) is 0. The molecule has 2 aromatic carbocycles. The molecule has 2 nitrogen and oxygen atoms in total. The molecule has 0 bridgehead atoms. The van der Waals surface area contributed by atoms with Gasteiger partial charge in [0, 0.05) is 16.5 Å². The largest absolute Gasteiger partial charge is 0.492 e. The Labute approximate surface area is 140 Å². The topological polar surface area (TPSA) is 35.2 Å². The van der Waals surface area contributed by atoms with Crippen molar-refractivity contribution in [1.82, 2.24) is 0 Å². The predicted octanol–water partition coefficient (Wildman–Crippen LogP) is 4.82. The highest BCUT2D eigenvalue weighted by molar-refractivity contribution is 6.32. The molecule has 0 aliphatic heterocycles. The molecule has 5 heteroatoms. The summed E-state index contributed by atoms with van der Waals surface area (Å²) < 4.78 is 19.4. The molecule has 0 aromatic heterocycles. The lowest BCUT2D eigenvalue weighted by Gasteiger charge is -2.18. The molecule has 0 spiro atoms. The number of ether oxygens (including phenoxy) is 1. The molecule has 0 fully saturated rings. The molecule has 2 aromatic rings. The van der Waals surface area contributed by atoms with Crippen molar-refractivity contribution < 1.29 is 9.13 Å². The Bertz CT molecular complexity index is 628. The van der Waals surface area contributed by atoms with Gasteiger partial charge in [-0.05, 0) is 49.7 Å². The predicted molar refractivity (Wildman–Crippen MR) is 89.5 cm³/mol. The first-order valence-electron chi connectivity index (χ1n) is 7.12. The highest BCUT2D eigenvalue weighted by Crippen LogP contribution is 2.31. The van der Waals surface area contributed by atoms with E-state index in [1.165, 1.54) is 6.07 Å². The average molecular weight is 342 g/mol. The molecule has 0 radical (unpaired) electrons. The monoisotopic (exact) mass is 341 g/mol. The Balaban J connectivity index is 2.27. The molecule has 0 aliphatic carbocycles. The summed E-state index contributed by atoms with van der Waals surface area (Å²) in [6, 6.07) is 10.2. The third kappa shape index (κ3) is 3.92. The smallest absolute Gasteiger partial charge is 0.137 e. The van der Waals surface area contributed by atoms with Crippen molar-refractivity contribution in [2.45, 2.75) is 19.3 Å². The van der Waals surface area contributed by atoms with E-state index in [4.69, 9.17) is 33.7 Å². The fraction of sp³-hybridized carbons (Fsp3) is 0.294. The fourth-order valence-corrected chi connectivity index (χ4v) is 2.84. The van der Waals surface area contributed by atoms with E-state index in [1.807, 2.05) is 25.1 Å². The Morgan fingerprint density at radius 1 is 1.18 bits per heavy atom. The van der Waals surface area contributed by atoms with Crippen molar-refractivity contribution in [2.75, 3.05) is 13.2 Å². The normalized spacial score (nSPS) is 12.2. The molecule has 0 saturated heterocycles. The van der Waals surface area contributed by atoms with Crippen LogP contribution < -0.4 is 10.5 Å². The number of rotatable bonds is 6. The van der Waals surface area contributed by atoms with Gasteiger partial charge in [0.25, 0.3) is 0 Å². The van der Waals surface area contributed by atoms with Gasteiger partial charge in [-0.1, -0.05) is 35.3 Å². The second-order valence-electron chi connectivity index (χ2n) is 4.96. The third-order valence-corrected chi connectivity index (χ3v) is 4.17. The first kappa shape index (κ1) is 17.1. The molecule has 2 N–H and O–H groups in total. The van der Waals surface area contributed by atoms with Crippen molar-refractivity contribution in [3.05, 3.63) is 63.4 Å². The molecule has 1 atom stereocenters. The molecule has 22 heavy (non-hydrogen) atoms. The lowest BCUT2D eigenvalue weighted by atomic mass is 9.91. The van der Waals surface area contributed by atoms with Gasteiger partial charge < -0.3 is 10.5 Å². The van der Waals surface area contributed by atoms with Crippen LogP contribution >= 0.6 is 23.2 Å². The molecule has 0 saturated carbocycles. The number of benzene rings is 2. The minimum atomic E-state index is -0.317. The van der Waals surface area contributed by atoms with Gasteiger partial charge in [-0.25, -0.2) is 4.39 Å². The van der Waals surface area contributed by atoms with Crippen LogP contribution in [0, 0.1) is 5.82 Å². The SMILES string of the molecule is CCOc1ccc(C(CN)Cc2c(F)cccc2Cl)cc1Cl. The van der Waals surface area contributed by atoms with E-state index < -0.39 is 0 Å². The van der Waals surface area contributed by atoms with Crippen LogP contribution in [0.25, 0.3) is 0 Å². The zero-order valence-electron chi connectivity index (χ0n) is 12.3. The van der Waals surface area contributed by atoms with E-state index in [-0.39, 0.29) is 11.7 Å². The number of hydrogen-bond donors (Lipinski definition) is 1. The molecular formula is C17H18Cl2FNO. The number of nitrogens with two attached hydrogens (primary N) is 1. The van der Waals surface area contributed by atoms with E-state index in [0.717, 1.165) is 5.56 Å². The van der Waals surface area contributed by atoms with Gasteiger partial charge in [-0.2, -0.15) is 0 Å². The lowest BCUT2D eigenvalue weighted by molar-refractivity contribution is 0.340. The minimum Gasteiger partial charge on any atom is -0.492 e. The van der Waals surface area contributed by atoms with E-state index in [0.29, 0.717) is 40.9 Å². The minimum absolute atomic E-state index is 0.0671. The van der Waals surface area contributed by atoms with Crippen molar-refractivity contribution in [3.63, 3.8) is 0 Å². The van der Waals surface area contributed by atoms with Gasteiger partial charge in [0.15, 0.2) is 0 Å². The lowest BCUT2D eigenvalue weighted by Crippen LogP contribution is -2.16. The Hall–Kier alpha value is -1.29. The van der Waals surface area contributed by atoms with Crippen molar-refractivity contribution in [2.24, 2.45) is 5.73 Å². The summed E-state index contributed by atoms with van der Waals surface area (Å²) in [4.78, 5) is 0. The summed E-state index contributed by atoms with van der Waals surface area (Å²) in [6.07, 6.45) is 0.423. The van der Waals surface area contributed by atoms with Gasteiger partial charge in [0.2, 0.25) is 0 Å². The first-order chi connectivity index (χ1) is 10.6. The van der Waals surface area contributed by atoms with Crippen LogP contribution in [-0.2, 0) is 6.42 Å². The van der Waals surface area contributed by atoms with E-state index in [1.54, 1.807) is 12.1 Å². The molecule has 0 amide bonds. The van der Waals surface area contributed by atoms with Gasteiger partial charge in [0.1, 0.15) is 11.6 Å². The fourth-order valence-electron chi connectivity index (χ4n) is 2.35. The second kappa shape index (κ2) is 7.82. The maximum atomic E-state index is 13.9. The highest BCUT2D eigenvalue weighted by Gasteiger charge is 2.17. The summed E-state index contributed by atoms with van der Waals surface area (Å²) >= 11 is 12.3. The molecule has 0 heterocycles. The van der Waals surface area contributed by atoms with Crippen LogP contribution in [-0.4, -0.2) is 13.2 Å². The second-order valence-corrected chi connectivity index (χ2v) is 5.77. The molecule has 2 rings (SSSR count). The zero-order valence-corrected chi connectivity index (χ0v) is 13.8. The maximum Gasteiger partial charge on any atom is 0.137 e. The molecule has 0 aliphatic rings. The van der Waals surface area contributed by atoms with Crippen LogP contribution in [0.5, 0.6) is 5.75 Å². The summed E-state index contributed by atoms with van der Waals surface area (Å²) in [5.41, 5.74) is 7.28. The number of hydrogen-bond acceptors (Lipinski definition) is 2. The van der Waals surface area contributed by atoms with Crippen molar-refractivity contribution in [1.29, 1.82) is 0 Å². The van der Waals surface area contributed by atoms with Crippen LogP contribution in [0.4, 0.5) is 4.39 Å². The van der Waals surface area contributed by atoms with Crippen molar-refractivity contribution in [3.8, 4) is 5.75 Å². The van der Waals surface area contributed by atoms with Crippen LogP contribution in [0.15, 0.2) is 36.4 Å². The summed E-state index contributed by atoms with van der Waals surface area (Å²) in [6.45, 7) is 2.81. The van der Waals surface area contributed by atoms with Crippen LogP contribution in [0.2, 0.25) is 10.0 Å². The van der Waals surface area contributed by atoms with Crippen LogP contribution in [0.3, 0.4) is 0 Å². The average Bonchev–Trinajstić information content (AvgIpc) is 2.49.